The highest BCUT2D eigenvalue weighted by atomic mass is 19.3. The molecule has 4 aromatic rings. The van der Waals surface area contributed by atoms with Gasteiger partial charge in [-0.1, -0.05) is 0 Å². The van der Waals surface area contributed by atoms with E-state index in [2.05, 4.69) is 20.3 Å². The third-order valence-electron chi connectivity index (χ3n) is 7.75. The van der Waals surface area contributed by atoms with E-state index < -0.39 is 12.0 Å². The molecule has 2 N–H and O–H groups in total. The predicted molar refractivity (Wildman–Crippen MR) is 147 cm³/mol. The van der Waals surface area contributed by atoms with Crippen LogP contribution in [0.2, 0.25) is 0 Å². The van der Waals surface area contributed by atoms with Gasteiger partial charge in [0.2, 0.25) is 11.7 Å². The number of imidazole rings is 1. The standard InChI is InChI=1S/C27H32F2N8O4/c1-15-22-24(36-7-5-6-16(36)13-38)32-26(33-25(22)37(34-15)18-10-27(28,29)11-18)31-21-12-35(14-30-21)17-8-19(39-2)23(41-4)20(9-17)40-3/h8-9,12,14,16,18,38H,5-7,10-11,13H2,1-4H3,(H,31,32,33)/t16-/m0/s1. The summed E-state index contributed by atoms with van der Waals surface area (Å²) in [7, 11) is 4.64. The lowest BCUT2D eigenvalue weighted by Gasteiger charge is -2.35. The number of hydrogen-bond donors (Lipinski definition) is 2. The maximum Gasteiger partial charge on any atom is 0.252 e. The van der Waals surface area contributed by atoms with Crippen LogP contribution in [0, 0.1) is 6.92 Å². The van der Waals surface area contributed by atoms with E-state index >= 15 is 0 Å². The molecular weight excluding hydrogens is 538 g/mol. The molecule has 4 heterocycles. The van der Waals surface area contributed by atoms with Crippen molar-refractivity contribution in [3.05, 3.63) is 30.4 Å². The summed E-state index contributed by atoms with van der Waals surface area (Å²) in [6.45, 7) is 2.52. The number of fused-ring (bicyclic) bond motifs is 1. The molecule has 2 aliphatic rings. The number of hydrogen-bond acceptors (Lipinski definition) is 10. The molecule has 1 aliphatic heterocycles. The Balaban J connectivity index is 1.39. The van der Waals surface area contributed by atoms with Crippen LogP contribution in [-0.2, 0) is 0 Å². The van der Waals surface area contributed by atoms with Crippen LogP contribution >= 0.6 is 0 Å². The maximum atomic E-state index is 13.8. The number of halogens is 2. The molecule has 2 fully saturated rings. The number of aryl methyl sites for hydroxylation is 1. The molecule has 1 saturated carbocycles. The van der Waals surface area contributed by atoms with Gasteiger partial charge in [0.25, 0.3) is 5.92 Å². The fourth-order valence-corrected chi connectivity index (χ4v) is 5.67. The molecule has 1 aliphatic carbocycles. The summed E-state index contributed by atoms with van der Waals surface area (Å²) in [5.41, 5.74) is 1.86. The highest BCUT2D eigenvalue weighted by Gasteiger charge is 2.47. The van der Waals surface area contributed by atoms with E-state index in [9.17, 15) is 13.9 Å². The fraction of sp³-hybridized carbons (Fsp3) is 0.481. The summed E-state index contributed by atoms with van der Waals surface area (Å²) in [6, 6.07) is 3.04. The average Bonchev–Trinajstić information content (AvgIpc) is 3.69. The Bertz CT molecular complexity index is 1560. The van der Waals surface area contributed by atoms with Crippen LogP contribution in [0.1, 0.15) is 37.4 Å². The molecule has 218 valence electrons. The number of nitrogens with zero attached hydrogens (tertiary/aromatic N) is 7. The first-order valence-corrected chi connectivity index (χ1v) is 13.4. The number of benzene rings is 1. The van der Waals surface area contributed by atoms with Crippen LogP contribution < -0.4 is 24.4 Å². The van der Waals surface area contributed by atoms with Gasteiger partial charge in [0, 0.05) is 31.5 Å². The van der Waals surface area contributed by atoms with Gasteiger partial charge >= 0.3 is 0 Å². The van der Waals surface area contributed by atoms with E-state index in [4.69, 9.17) is 24.2 Å². The Morgan fingerprint density at radius 2 is 1.83 bits per heavy atom. The van der Waals surface area contributed by atoms with E-state index in [0.29, 0.717) is 52.2 Å². The lowest BCUT2D eigenvalue weighted by atomic mass is 9.88. The second-order valence-electron chi connectivity index (χ2n) is 10.4. The number of aliphatic hydroxyl groups is 1. The molecule has 6 rings (SSSR count). The Morgan fingerprint density at radius 1 is 1.10 bits per heavy atom. The molecule has 0 amide bonds. The van der Waals surface area contributed by atoms with Crippen LogP contribution in [0.5, 0.6) is 17.2 Å². The summed E-state index contributed by atoms with van der Waals surface area (Å²) in [5, 5.41) is 18.5. The first-order chi connectivity index (χ1) is 19.7. The number of ether oxygens (including phenoxy) is 3. The van der Waals surface area contributed by atoms with Crippen molar-refractivity contribution in [3.8, 4) is 22.9 Å². The average molecular weight is 571 g/mol. The Labute approximate surface area is 234 Å². The molecule has 41 heavy (non-hydrogen) atoms. The summed E-state index contributed by atoms with van der Waals surface area (Å²) in [5.74, 6) is 0.0967. The monoisotopic (exact) mass is 570 g/mol. The van der Waals surface area contributed by atoms with Crippen LogP contribution in [0.4, 0.5) is 26.4 Å². The predicted octanol–water partition coefficient (Wildman–Crippen LogP) is 4.02. The molecule has 1 aromatic carbocycles. The van der Waals surface area contributed by atoms with Gasteiger partial charge in [-0.3, -0.25) is 0 Å². The van der Waals surface area contributed by atoms with Crippen molar-refractivity contribution in [2.75, 3.05) is 44.7 Å². The zero-order valence-corrected chi connectivity index (χ0v) is 23.3. The van der Waals surface area contributed by atoms with E-state index in [-0.39, 0.29) is 31.4 Å². The number of nitrogens with one attached hydrogen (secondary N) is 1. The highest BCUT2D eigenvalue weighted by molar-refractivity contribution is 5.91. The van der Waals surface area contributed by atoms with Gasteiger partial charge in [-0.25, -0.2) is 18.4 Å². The first kappa shape index (κ1) is 27.0. The molecule has 0 radical (unpaired) electrons. The number of alkyl halides is 2. The lowest BCUT2D eigenvalue weighted by Crippen LogP contribution is -2.37. The van der Waals surface area contributed by atoms with Gasteiger partial charge in [-0.15, -0.1) is 0 Å². The summed E-state index contributed by atoms with van der Waals surface area (Å²) >= 11 is 0. The Morgan fingerprint density at radius 3 is 2.46 bits per heavy atom. The third-order valence-corrected chi connectivity index (χ3v) is 7.75. The van der Waals surface area contributed by atoms with Crippen molar-refractivity contribution >= 4 is 28.6 Å². The zero-order chi connectivity index (χ0) is 28.9. The second kappa shape index (κ2) is 10.3. The van der Waals surface area contributed by atoms with Crippen molar-refractivity contribution < 1.29 is 28.1 Å². The minimum Gasteiger partial charge on any atom is -0.493 e. The van der Waals surface area contributed by atoms with Gasteiger partial charge in [0.15, 0.2) is 23.0 Å². The van der Waals surface area contributed by atoms with E-state index in [0.717, 1.165) is 18.5 Å². The molecule has 1 saturated heterocycles. The third kappa shape index (κ3) is 4.75. The van der Waals surface area contributed by atoms with Gasteiger partial charge in [-0.05, 0) is 19.8 Å². The molecule has 0 unspecified atom stereocenters. The molecule has 14 heteroatoms. The maximum absolute atomic E-state index is 13.8. The highest BCUT2D eigenvalue weighted by Crippen LogP contribution is 2.47. The van der Waals surface area contributed by atoms with Crippen molar-refractivity contribution in [2.45, 2.75) is 50.6 Å². The lowest BCUT2D eigenvalue weighted by molar-refractivity contribution is -0.106. The SMILES string of the molecule is COc1cc(-n2cnc(Nc3nc(N4CCC[C@H]4CO)c4c(C)nn(C5CC(F)(F)C5)c4n3)c2)cc(OC)c1OC. The number of aliphatic hydroxyl groups excluding tert-OH is 1. The number of aromatic nitrogens is 6. The van der Waals surface area contributed by atoms with Crippen molar-refractivity contribution in [3.63, 3.8) is 0 Å². The van der Waals surface area contributed by atoms with Crippen molar-refractivity contribution in [2.24, 2.45) is 0 Å². The van der Waals surface area contributed by atoms with Gasteiger partial charge < -0.3 is 34.1 Å². The van der Waals surface area contributed by atoms with Crippen molar-refractivity contribution in [1.29, 1.82) is 0 Å². The van der Waals surface area contributed by atoms with Crippen LogP contribution in [0.25, 0.3) is 16.7 Å². The smallest absolute Gasteiger partial charge is 0.252 e. The van der Waals surface area contributed by atoms with E-state index in [1.165, 1.54) is 0 Å². The van der Waals surface area contributed by atoms with Crippen LogP contribution in [0.15, 0.2) is 24.7 Å². The summed E-state index contributed by atoms with van der Waals surface area (Å²) < 4.78 is 47.3. The minimum absolute atomic E-state index is 0.0184. The summed E-state index contributed by atoms with van der Waals surface area (Å²) in [6.07, 6.45) is 4.54. The van der Waals surface area contributed by atoms with Crippen molar-refractivity contribution in [1.82, 2.24) is 29.3 Å². The number of methoxy groups -OCH3 is 3. The van der Waals surface area contributed by atoms with Crippen LogP contribution in [-0.4, -0.2) is 80.9 Å². The second-order valence-corrected chi connectivity index (χ2v) is 10.4. The summed E-state index contributed by atoms with van der Waals surface area (Å²) in [4.78, 5) is 16.1. The van der Waals surface area contributed by atoms with E-state index in [1.54, 1.807) is 55.2 Å². The van der Waals surface area contributed by atoms with Crippen LogP contribution in [0.3, 0.4) is 0 Å². The number of anilines is 3. The normalized spacial score (nSPS) is 18.5. The zero-order valence-electron chi connectivity index (χ0n) is 23.3. The molecular formula is C27H32F2N8O4. The Hall–Kier alpha value is -4.20. The Kier molecular flexibility index (Phi) is 6.80. The fourth-order valence-electron chi connectivity index (χ4n) is 5.67. The number of rotatable bonds is 9. The van der Waals surface area contributed by atoms with E-state index in [1.807, 2.05) is 6.92 Å². The topological polar surface area (TPSA) is 125 Å². The first-order valence-electron chi connectivity index (χ1n) is 13.4. The molecule has 1 atom stereocenters. The molecule has 3 aromatic heterocycles. The quantitative estimate of drug-likeness (QED) is 0.305. The van der Waals surface area contributed by atoms with Gasteiger partial charge in [0.1, 0.15) is 12.1 Å². The van der Waals surface area contributed by atoms with Gasteiger partial charge in [-0.2, -0.15) is 15.1 Å². The van der Waals surface area contributed by atoms with Gasteiger partial charge in [0.05, 0.1) is 63.0 Å². The molecule has 0 bridgehead atoms. The molecule has 0 spiro atoms. The largest absolute Gasteiger partial charge is 0.493 e. The molecule has 12 nitrogen and oxygen atoms in total. The minimum atomic E-state index is -2.70.